The molecular weight excluding hydrogens is 256 g/mol. The Balaban J connectivity index is 2.94. The maximum absolute atomic E-state index is 10.1. The van der Waals surface area contributed by atoms with E-state index in [9.17, 15) is 9.90 Å². The third-order valence-electron chi connectivity index (χ3n) is 3.23. The van der Waals surface area contributed by atoms with E-state index in [0.717, 1.165) is 13.0 Å². The molecule has 0 aliphatic heterocycles. The van der Waals surface area contributed by atoms with Crippen LogP contribution >= 0.6 is 0 Å². The van der Waals surface area contributed by atoms with Crippen LogP contribution in [-0.4, -0.2) is 32.4 Å². The minimum absolute atomic E-state index is 0.325. The highest BCUT2D eigenvalue weighted by Gasteiger charge is 1.94. The summed E-state index contributed by atoms with van der Waals surface area (Å²) in [6.45, 7) is 3.43. The third-order valence-corrected chi connectivity index (χ3v) is 3.23. The number of carbonyl (C=O) groups is 1. The SMILES string of the molecule is CCCCCCCCCCCCOCCOCC(=O)[O-]. The van der Waals surface area contributed by atoms with Crippen LogP contribution in [0, 0.1) is 0 Å². The molecule has 120 valence electrons. The van der Waals surface area contributed by atoms with Crippen LogP contribution in [0.25, 0.3) is 0 Å². The zero-order chi connectivity index (χ0) is 14.9. The second-order valence-corrected chi connectivity index (χ2v) is 5.22. The van der Waals surface area contributed by atoms with Crippen LogP contribution in [0.2, 0.25) is 0 Å². The van der Waals surface area contributed by atoms with Crippen molar-refractivity contribution in [1.29, 1.82) is 0 Å². The zero-order valence-electron chi connectivity index (χ0n) is 13.0. The highest BCUT2D eigenvalue weighted by Crippen LogP contribution is 2.10. The Kier molecular flexibility index (Phi) is 15.9. The quantitative estimate of drug-likeness (QED) is 0.410. The van der Waals surface area contributed by atoms with E-state index < -0.39 is 5.97 Å². The van der Waals surface area contributed by atoms with Gasteiger partial charge in [0.25, 0.3) is 0 Å². The topological polar surface area (TPSA) is 58.6 Å². The Morgan fingerprint density at radius 3 is 1.80 bits per heavy atom. The van der Waals surface area contributed by atoms with E-state index in [-0.39, 0.29) is 6.61 Å². The van der Waals surface area contributed by atoms with Crippen LogP contribution in [0.5, 0.6) is 0 Å². The number of aliphatic carboxylic acids is 1. The molecule has 4 nitrogen and oxygen atoms in total. The summed E-state index contributed by atoms with van der Waals surface area (Å²) in [6.07, 6.45) is 13.1. The highest BCUT2D eigenvalue weighted by molar-refractivity contribution is 5.65. The molecule has 0 saturated carbocycles. The maximum Gasteiger partial charge on any atom is 0.0862 e. The Bertz CT molecular complexity index is 207. The highest BCUT2D eigenvalue weighted by atomic mass is 16.5. The van der Waals surface area contributed by atoms with E-state index in [4.69, 9.17) is 9.47 Å². The van der Waals surface area contributed by atoms with Gasteiger partial charge in [-0.05, 0) is 6.42 Å². The molecule has 0 N–H and O–H groups in total. The van der Waals surface area contributed by atoms with Gasteiger partial charge in [-0.3, -0.25) is 0 Å². The summed E-state index contributed by atoms with van der Waals surface area (Å²) in [5.41, 5.74) is 0. The molecule has 0 aromatic carbocycles. The van der Waals surface area contributed by atoms with Gasteiger partial charge in [0.2, 0.25) is 0 Å². The second-order valence-electron chi connectivity index (χ2n) is 5.22. The molecule has 0 spiro atoms. The van der Waals surface area contributed by atoms with Crippen LogP contribution in [0.1, 0.15) is 71.1 Å². The average molecular weight is 287 g/mol. The van der Waals surface area contributed by atoms with Crippen LogP contribution in [0.3, 0.4) is 0 Å². The molecule has 0 amide bonds. The maximum atomic E-state index is 10.1. The number of carboxylic acids is 1. The van der Waals surface area contributed by atoms with E-state index in [1.54, 1.807) is 0 Å². The van der Waals surface area contributed by atoms with Crippen molar-refractivity contribution in [3.05, 3.63) is 0 Å². The number of hydrogen-bond acceptors (Lipinski definition) is 4. The molecule has 0 bridgehead atoms. The first-order valence-electron chi connectivity index (χ1n) is 8.12. The minimum atomic E-state index is -1.18. The second kappa shape index (κ2) is 16.4. The number of carbonyl (C=O) groups excluding carboxylic acids is 1. The fourth-order valence-corrected chi connectivity index (χ4v) is 2.07. The molecule has 0 aromatic rings. The Hall–Kier alpha value is -0.610. The van der Waals surface area contributed by atoms with Gasteiger partial charge >= 0.3 is 0 Å². The number of ether oxygens (including phenoxy) is 2. The van der Waals surface area contributed by atoms with Crippen molar-refractivity contribution in [3.8, 4) is 0 Å². The van der Waals surface area contributed by atoms with Gasteiger partial charge in [-0.2, -0.15) is 0 Å². The predicted molar refractivity (Wildman–Crippen MR) is 78.5 cm³/mol. The van der Waals surface area contributed by atoms with Gasteiger partial charge in [-0.1, -0.05) is 64.7 Å². The first-order valence-corrected chi connectivity index (χ1v) is 8.12. The summed E-state index contributed by atoms with van der Waals surface area (Å²) in [4.78, 5) is 10.1. The third kappa shape index (κ3) is 17.4. The molecule has 0 heterocycles. The molecule has 0 saturated heterocycles. The summed E-state index contributed by atoms with van der Waals surface area (Å²) < 4.78 is 10.2. The molecule has 4 heteroatoms. The standard InChI is InChI=1S/C16H32O4/c1-2-3-4-5-6-7-8-9-10-11-12-19-13-14-20-15-16(17)18/h2-15H2,1H3,(H,17,18)/p-1. The zero-order valence-corrected chi connectivity index (χ0v) is 13.0. The number of unbranched alkanes of at least 4 members (excludes halogenated alkanes) is 9. The van der Waals surface area contributed by atoms with Gasteiger partial charge in [0.1, 0.15) is 0 Å². The fourth-order valence-electron chi connectivity index (χ4n) is 2.07. The van der Waals surface area contributed by atoms with Crippen molar-refractivity contribution >= 4 is 5.97 Å². The minimum Gasteiger partial charge on any atom is -0.548 e. The van der Waals surface area contributed by atoms with Crippen molar-refractivity contribution in [2.75, 3.05) is 26.4 Å². The van der Waals surface area contributed by atoms with Crippen molar-refractivity contribution in [1.82, 2.24) is 0 Å². The van der Waals surface area contributed by atoms with Gasteiger partial charge < -0.3 is 19.4 Å². The molecule has 0 atom stereocenters. The van der Waals surface area contributed by atoms with Gasteiger partial charge in [0, 0.05) is 6.61 Å². The molecule has 0 radical (unpaired) electrons. The monoisotopic (exact) mass is 287 g/mol. The van der Waals surface area contributed by atoms with E-state index in [2.05, 4.69) is 6.92 Å². The molecule has 0 rings (SSSR count). The largest absolute Gasteiger partial charge is 0.548 e. The van der Waals surface area contributed by atoms with Crippen LogP contribution in [-0.2, 0) is 14.3 Å². The van der Waals surface area contributed by atoms with Gasteiger partial charge in [0.15, 0.2) is 0 Å². The van der Waals surface area contributed by atoms with Crippen molar-refractivity contribution in [2.24, 2.45) is 0 Å². The Morgan fingerprint density at radius 2 is 1.25 bits per heavy atom. The van der Waals surface area contributed by atoms with Crippen LogP contribution in [0.4, 0.5) is 0 Å². The normalized spacial score (nSPS) is 10.8. The Labute approximate surface area is 123 Å². The lowest BCUT2D eigenvalue weighted by Gasteiger charge is -2.06. The van der Waals surface area contributed by atoms with Crippen LogP contribution < -0.4 is 5.11 Å². The lowest BCUT2D eigenvalue weighted by Crippen LogP contribution is -2.28. The summed E-state index contributed by atoms with van der Waals surface area (Å²) in [5.74, 6) is -1.18. The van der Waals surface area contributed by atoms with E-state index in [1.165, 1.54) is 57.8 Å². The predicted octanol–water partition coefficient (Wildman–Crippen LogP) is 2.69. The summed E-state index contributed by atoms with van der Waals surface area (Å²) >= 11 is 0. The van der Waals surface area contributed by atoms with Crippen molar-refractivity contribution < 1.29 is 19.4 Å². The number of rotatable bonds is 16. The first-order chi connectivity index (χ1) is 9.77. The Morgan fingerprint density at radius 1 is 0.750 bits per heavy atom. The summed E-state index contributed by atoms with van der Waals surface area (Å²) in [7, 11) is 0. The van der Waals surface area contributed by atoms with E-state index in [0.29, 0.717) is 13.2 Å². The molecule has 0 aliphatic carbocycles. The van der Waals surface area contributed by atoms with E-state index >= 15 is 0 Å². The first kappa shape index (κ1) is 19.4. The smallest absolute Gasteiger partial charge is 0.0862 e. The van der Waals surface area contributed by atoms with Gasteiger partial charge in [0.05, 0.1) is 25.8 Å². The number of hydrogen-bond donors (Lipinski definition) is 0. The average Bonchev–Trinajstić information content (AvgIpc) is 2.43. The number of carboxylic acid groups (broad SMARTS) is 1. The van der Waals surface area contributed by atoms with Crippen LogP contribution in [0.15, 0.2) is 0 Å². The van der Waals surface area contributed by atoms with Gasteiger partial charge in [-0.25, -0.2) is 0 Å². The summed E-state index contributed by atoms with van der Waals surface area (Å²) in [6, 6.07) is 0. The van der Waals surface area contributed by atoms with Gasteiger partial charge in [-0.15, -0.1) is 0 Å². The van der Waals surface area contributed by atoms with Crippen molar-refractivity contribution in [3.63, 3.8) is 0 Å². The molecule has 0 aliphatic rings. The van der Waals surface area contributed by atoms with Crippen molar-refractivity contribution in [2.45, 2.75) is 71.1 Å². The molecule has 0 fully saturated rings. The lowest BCUT2D eigenvalue weighted by atomic mass is 10.1. The molecule has 0 aromatic heterocycles. The van der Waals surface area contributed by atoms with E-state index in [1.807, 2.05) is 0 Å². The lowest BCUT2D eigenvalue weighted by molar-refractivity contribution is -0.309. The fraction of sp³-hybridized carbons (Fsp3) is 0.938. The molecular formula is C16H31O4-. The molecule has 20 heavy (non-hydrogen) atoms. The summed E-state index contributed by atoms with van der Waals surface area (Å²) in [5, 5.41) is 10.1. The molecule has 0 unspecified atom stereocenters.